The van der Waals surface area contributed by atoms with Crippen LogP contribution in [0.4, 0.5) is 23.4 Å². The Balaban J connectivity index is 1.96. The van der Waals surface area contributed by atoms with Crippen molar-refractivity contribution in [1.29, 1.82) is 0 Å². The highest BCUT2D eigenvalue weighted by atomic mass is 19.4. The molecule has 1 atom stereocenters. The topological polar surface area (TPSA) is 62.5 Å². The molecule has 1 aromatic carbocycles. The minimum atomic E-state index is -4.74. The van der Waals surface area contributed by atoms with Gasteiger partial charge in [0.2, 0.25) is 0 Å². The molecular weight excluding hydrogens is 352 g/mol. The third kappa shape index (κ3) is 3.48. The Bertz CT molecular complexity index is 923. The number of fused-ring (bicyclic) bond motifs is 1. The van der Waals surface area contributed by atoms with Crippen molar-refractivity contribution in [3.63, 3.8) is 0 Å². The molecule has 0 spiro atoms. The van der Waals surface area contributed by atoms with Crippen molar-refractivity contribution in [3.05, 3.63) is 59.2 Å². The lowest BCUT2D eigenvalue weighted by Crippen LogP contribution is -2.15. The number of anilines is 1. The highest BCUT2D eigenvalue weighted by molar-refractivity contribution is 5.52. The molecule has 5 nitrogen and oxygen atoms in total. The summed E-state index contributed by atoms with van der Waals surface area (Å²) >= 11 is 0. The smallest absolute Gasteiger partial charge is 0.392 e. The number of halogens is 4. The van der Waals surface area contributed by atoms with Crippen LogP contribution in [0.25, 0.3) is 5.65 Å². The zero-order valence-corrected chi connectivity index (χ0v) is 13.8. The Morgan fingerprint density at radius 1 is 1.23 bits per heavy atom. The first-order valence-electron chi connectivity index (χ1n) is 7.90. The number of aromatic nitrogens is 3. The summed E-state index contributed by atoms with van der Waals surface area (Å²) in [5, 5.41) is 16.6. The number of nitrogens with one attached hydrogen (secondary N) is 1. The van der Waals surface area contributed by atoms with Crippen LogP contribution < -0.4 is 5.32 Å². The van der Waals surface area contributed by atoms with Gasteiger partial charge in [-0.15, -0.1) is 0 Å². The van der Waals surface area contributed by atoms with Gasteiger partial charge in [0.15, 0.2) is 5.65 Å². The average molecular weight is 368 g/mol. The van der Waals surface area contributed by atoms with Gasteiger partial charge < -0.3 is 10.4 Å². The van der Waals surface area contributed by atoms with E-state index in [-0.39, 0.29) is 6.61 Å². The predicted octanol–water partition coefficient (Wildman–Crippen LogP) is 3.94. The van der Waals surface area contributed by atoms with Crippen LogP contribution in [0.15, 0.2) is 36.7 Å². The van der Waals surface area contributed by atoms with E-state index in [0.29, 0.717) is 29.0 Å². The molecular formula is C17H16F4N4O. The highest BCUT2D eigenvalue weighted by Gasteiger charge is 2.34. The summed E-state index contributed by atoms with van der Waals surface area (Å²) in [6.45, 7) is 1.62. The maximum absolute atomic E-state index is 13.9. The molecule has 0 amide bonds. The van der Waals surface area contributed by atoms with Gasteiger partial charge in [0, 0.05) is 0 Å². The second kappa shape index (κ2) is 6.91. The van der Waals surface area contributed by atoms with E-state index in [9.17, 15) is 22.7 Å². The van der Waals surface area contributed by atoms with E-state index in [1.807, 2.05) is 6.92 Å². The lowest BCUT2D eigenvalue weighted by atomic mass is 10.0. The summed E-state index contributed by atoms with van der Waals surface area (Å²) in [6, 6.07) is 5.75. The Morgan fingerprint density at radius 2 is 2.00 bits per heavy atom. The van der Waals surface area contributed by atoms with Crippen LogP contribution in [0.5, 0.6) is 0 Å². The third-order valence-electron chi connectivity index (χ3n) is 4.05. The molecule has 3 rings (SSSR count). The number of nitrogens with zero attached hydrogens (tertiary/aromatic N) is 3. The van der Waals surface area contributed by atoms with Crippen LogP contribution in [0.2, 0.25) is 0 Å². The van der Waals surface area contributed by atoms with Gasteiger partial charge in [-0.1, -0.05) is 13.0 Å². The molecule has 0 bridgehead atoms. The molecule has 2 N–H and O–H groups in total. The molecule has 0 unspecified atom stereocenters. The fourth-order valence-electron chi connectivity index (χ4n) is 2.75. The molecule has 2 aromatic heterocycles. The van der Waals surface area contributed by atoms with Crippen LogP contribution in [0, 0.1) is 5.82 Å². The first-order valence-corrected chi connectivity index (χ1v) is 7.90. The van der Waals surface area contributed by atoms with Gasteiger partial charge in [-0.25, -0.2) is 9.37 Å². The Labute approximate surface area is 146 Å². The van der Waals surface area contributed by atoms with Crippen molar-refractivity contribution >= 4 is 11.5 Å². The van der Waals surface area contributed by atoms with Gasteiger partial charge in [-0.2, -0.15) is 22.8 Å². The summed E-state index contributed by atoms with van der Waals surface area (Å²) in [7, 11) is 0. The van der Waals surface area contributed by atoms with Crippen LogP contribution in [0.3, 0.4) is 0 Å². The Morgan fingerprint density at radius 3 is 2.62 bits per heavy atom. The molecule has 0 fully saturated rings. The highest BCUT2D eigenvalue weighted by Crippen LogP contribution is 2.33. The zero-order valence-electron chi connectivity index (χ0n) is 13.8. The van der Waals surface area contributed by atoms with Crippen LogP contribution in [-0.2, 0) is 12.8 Å². The van der Waals surface area contributed by atoms with E-state index in [1.165, 1.54) is 16.9 Å². The van der Waals surface area contributed by atoms with Gasteiger partial charge in [-0.3, -0.25) is 0 Å². The normalized spacial score (nSPS) is 13.2. The quantitative estimate of drug-likeness (QED) is 0.670. The van der Waals surface area contributed by atoms with Gasteiger partial charge in [-0.05, 0) is 41.8 Å². The summed E-state index contributed by atoms with van der Waals surface area (Å²) in [4.78, 5) is 4.06. The Hall–Kier alpha value is -2.68. The van der Waals surface area contributed by atoms with Crippen LogP contribution >= 0.6 is 0 Å². The summed E-state index contributed by atoms with van der Waals surface area (Å²) in [6.07, 6.45) is -2.90. The standard InChI is InChI=1S/C17H16F4N4O/c1-2-14(11-3-4-12(13(18)7-11)17(19,20)21)24-16-6-10(8-26)5-15-22-9-23-25(15)16/h3-7,9,14,24,26H,2,8H2,1H3/t14-/m1/s1. The molecule has 26 heavy (non-hydrogen) atoms. The van der Waals surface area contributed by atoms with E-state index >= 15 is 0 Å². The molecule has 3 aromatic rings. The number of aliphatic hydroxyl groups is 1. The van der Waals surface area contributed by atoms with E-state index in [1.54, 1.807) is 12.1 Å². The molecule has 0 saturated carbocycles. The van der Waals surface area contributed by atoms with Crippen molar-refractivity contribution in [2.45, 2.75) is 32.2 Å². The van der Waals surface area contributed by atoms with E-state index in [4.69, 9.17) is 0 Å². The molecule has 0 aliphatic rings. The predicted molar refractivity (Wildman–Crippen MR) is 87.0 cm³/mol. The number of pyridine rings is 1. The fourth-order valence-corrected chi connectivity index (χ4v) is 2.75. The van der Waals surface area contributed by atoms with Crippen molar-refractivity contribution < 1.29 is 22.7 Å². The summed E-state index contributed by atoms with van der Waals surface area (Å²) in [5.41, 5.74) is 0.187. The third-order valence-corrected chi connectivity index (χ3v) is 4.05. The molecule has 2 heterocycles. The lowest BCUT2D eigenvalue weighted by molar-refractivity contribution is -0.140. The fraction of sp³-hybridized carbons (Fsp3) is 0.294. The SMILES string of the molecule is CC[C@@H](Nc1cc(CO)cc2ncnn12)c1ccc(C(F)(F)F)c(F)c1. The maximum atomic E-state index is 13.9. The van der Waals surface area contributed by atoms with Gasteiger partial charge in [0.1, 0.15) is 18.0 Å². The largest absolute Gasteiger partial charge is 0.419 e. The number of rotatable bonds is 5. The van der Waals surface area contributed by atoms with E-state index < -0.39 is 23.6 Å². The van der Waals surface area contributed by atoms with Crippen LogP contribution in [0.1, 0.15) is 36.1 Å². The molecule has 0 aliphatic carbocycles. The zero-order chi connectivity index (χ0) is 18.9. The molecule has 9 heteroatoms. The lowest BCUT2D eigenvalue weighted by Gasteiger charge is -2.20. The van der Waals surface area contributed by atoms with Gasteiger partial charge >= 0.3 is 6.18 Å². The van der Waals surface area contributed by atoms with Gasteiger partial charge in [0.05, 0.1) is 18.2 Å². The van der Waals surface area contributed by atoms with Crippen molar-refractivity contribution in [1.82, 2.24) is 14.6 Å². The van der Waals surface area contributed by atoms with Crippen LogP contribution in [-0.4, -0.2) is 19.7 Å². The number of hydrogen-bond donors (Lipinski definition) is 2. The van der Waals surface area contributed by atoms with Gasteiger partial charge in [0.25, 0.3) is 0 Å². The summed E-state index contributed by atoms with van der Waals surface area (Å²) < 4.78 is 53.6. The summed E-state index contributed by atoms with van der Waals surface area (Å²) in [5.74, 6) is -0.818. The maximum Gasteiger partial charge on any atom is 0.419 e. The molecule has 0 saturated heterocycles. The first kappa shape index (κ1) is 18.1. The molecule has 0 radical (unpaired) electrons. The van der Waals surface area contributed by atoms with Crippen molar-refractivity contribution in [2.24, 2.45) is 0 Å². The number of benzene rings is 1. The number of alkyl halides is 3. The second-order valence-corrected chi connectivity index (χ2v) is 5.78. The minimum Gasteiger partial charge on any atom is -0.392 e. The second-order valence-electron chi connectivity index (χ2n) is 5.78. The van der Waals surface area contributed by atoms with E-state index in [0.717, 1.165) is 12.1 Å². The monoisotopic (exact) mass is 368 g/mol. The first-order chi connectivity index (χ1) is 12.3. The number of hydrogen-bond acceptors (Lipinski definition) is 4. The van der Waals surface area contributed by atoms with Crippen molar-refractivity contribution in [3.8, 4) is 0 Å². The van der Waals surface area contributed by atoms with Crippen molar-refractivity contribution in [2.75, 3.05) is 5.32 Å². The molecule has 0 aliphatic heterocycles. The Kier molecular flexibility index (Phi) is 4.82. The molecule has 138 valence electrons. The number of aliphatic hydroxyl groups excluding tert-OH is 1. The van der Waals surface area contributed by atoms with E-state index in [2.05, 4.69) is 15.4 Å². The minimum absolute atomic E-state index is 0.205. The average Bonchev–Trinajstić information content (AvgIpc) is 3.06.